The van der Waals surface area contributed by atoms with Gasteiger partial charge in [-0.15, -0.1) is 0 Å². The number of benzene rings is 1. The van der Waals surface area contributed by atoms with Crippen molar-refractivity contribution in [2.75, 3.05) is 33.1 Å². The molecule has 19 heteroatoms. The van der Waals surface area contributed by atoms with Gasteiger partial charge < -0.3 is 43.7 Å². The zero-order chi connectivity index (χ0) is 33.2. The summed E-state index contributed by atoms with van der Waals surface area (Å²) in [6.45, 7) is 0.344. The van der Waals surface area contributed by atoms with Crippen LogP contribution in [0.25, 0.3) is 11.2 Å². The van der Waals surface area contributed by atoms with Crippen LogP contribution in [0, 0.1) is 0 Å². The third-order valence-corrected chi connectivity index (χ3v) is 10.5. The Morgan fingerprint density at radius 2 is 2.09 bits per heavy atom. The quantitative estimate of drug-likeness (QED) is 0.0801. The van der Waals surface area contributed by atoms with Crippen molar-refractivity contribution < 1.29 is 42.3 Å². The summed E-state index contributed by atoms with van der Waals surface area (Å²) in [6, 6.07) is 7.62. The number of hydrogen-bond acceptors (Lipinski definition) is 14. The summed E-state index contributed by atoms with van der Waals surface area (Å²) in [6.07, 6.45) is 5.79. The van der Waals surface area contributed by atoms with Crippen LogP contribution < -0.4 is 15.8 Å². The number of carbonyl (C=O) groups excluding carboxylic acids is 2. The standard InChI is InChI=1S/C28H37N7O9P2S/c1-30-23(37)9-10-34(17-36)24-8-7-20(42-24)12-40-45-44-21-11-25(35-16-33-26-27(29)31-15-32-28(26)35)43-22(21)13-41-46(38)47-14-18-3-5-19(39-2)6-4-18/h3-6,9-10,15-17,20-22,24-25,38,45H,7-8,11-14H2,1-2H3,(H,30,37)(H2,29,31,32)/b10-9-/t20?,21-,22?,24?,25?,46?/m0/s1. The van der Waals surface area contributed by atoms with Gasteiger partial charge in [0.05, 0.1) is 38.9 Å². The molecule has 6 unspecified atom stereocenters. The van der Waals surface area contributed by atoms with Crippen LogP contribution in [0.15, 0.2) is 49.2 Å². The van der Waals surface area contributed by atoms with E-state index in [4.69, 9.17) is 33.5 Å². The third-order valence-electron chi connectivity index (χ3n) is 7.44. The molecular weight excluding hydrogens is 672 g/mol. The largest absolute Gasteiger partial charge is 0.497 e. The van der Waals surface area contributed by atoms with Crippen LogP contribution >= 0.6 is 28.0 Å². The molecule has 0 radical (unpaired) electrons. The topological polar surface area (TPSA) is 195 Å². The Morgan fingerprint density at radius 1 is 1.26 bits per heavy atom. The molecule has 1 aromatic carbocycles. The first-order valence-corrected chi connectivity index (χ1v) is 18.3. The molecule has 2 fully saturated rings. The maximum atomic E-state index is 11.5. The number of fused-ring (bicyclic) bond motifs is 1. The number of methoxy groups -OCH3 is 1. The second-order valence-electron chi connectivity index (χ2n) is 10.4. The third kappa shape index (κ3) is 9.56. The second kappa shape index (κ2) is 17.4. The minimum absolute atomic E-state index is 0.0890. The first kappa shape index (κ1) is 35.3. The molecule has 0 bridgehead atoms. The molecule has 254 valence electrons. The maximum Gasteiger partial charge on any atom is 0.245 e. The number of imidazole rings is 1. The van der Waals surface area contributed by atoms with Gasteiger partial charge in [0.1, 0.15) is 36.2 Å². The normalized spacial score (nSPS) is 23.6. The molecule has 2 saturated heterocycles. The lowest BCUT2D eigenvalue weighted by Gasteiger charge is -2.22. The zero-order valence-electron chi connectivity index (χ0n) is 25.7. The fraction of sp³-hybridized carbons (Fsp3) is 0.464. The zero-order valence-corrected chi connectivity index (χ0v) is 28.4. The number of nitrogens with one attached hydrogen (secondary N) is 1. The molecule has 3 aromatic rings. The van der Waals surface area contributed by atoms with Crippen LogP contribution in [-0.2, 0) is 38.4 Å². The summed E-state index contributed by atoms with van der Waals surface area (Å²) >= 11 is 1.30. The van der Waals surface area contributed by atoms with Gasteiger partial charge in [-0.1, -0.05) is 23.5 Å². The molecular formula is C28H37N7O9P2S. The Balaban J connectivity index is 1.13. The Kier molecular flexibility index (Phi) is 13.1. The van der Waals surface area contributed by atoms with Gasteiger partial charge in [-0.25, -0.2) is 15.0 Å². The lowest BCUT2D eigenvalue weighted by molar-refractivity contribution is -0.127. The van der Waals surface area contributed by atoms with E-state index in [1.807, 2.05) is 24.3 Å². The lowest BCUT2D eigenvalue weighted by Crippen LogP contribution is -2.31. The number of nitrogens with zero attached hydrogens (tertiary/aromatic N) is 5. The first-order chi connectivity index (χ1) is 22.9. The summed E-state index contributed by atoms with van der Waals surface area (Å²) in [5.41, 5.74) is 8.01. The number of aromatic nitrogens is 4. The van der Waals surface area contributed by atoms with Crippen LogP contribution in [0.4, 0.5) is 5.82 Å². The van der Waals surface area contributed by atoms with E-state index < -0.39 is 32.2 Å². The molecule has 0 saturated carbocycles. The van der Waals surface area contributed by atoms with E-state index in [0.717, 1.165) is 11.3 Å². The molecule has 47 heavy (non-hydrogen) atoms. The van der Waals surface area contributed by atoms with Crippen LogP contribution in [0.5, 0.6) is 5.75 Å². The minimum atomic E-state index is -1.79. The van der Waals surface area contributed by atoms with Crippen molar-refractivity contribution in [2.45, 2.75) is 55.8 Å². The Bertz CT molecular complexity index is 1500. The average molecular weight is 710 g/mol. The SMILES string of the molecule is CNC(=O)/C=C\N(C=O)C1CCC(COPO[C@H]2CC(n3cnc4c(N)ncnc43)OC2COP(O)SCc2ccc(OC)cc2)O1. The maximum absolute atomic E-state index is 11.5. The van der Waals surface area contributed by atoms with Crippen molar-refractivity contribution in [3.8, 4) is 5.75 Å². The molecule has 7 atom stereocenters. The smallest absolute Gasteiger partial charge is 0.245 e. The fourth-order valence-electron chi connectivity index (χ4n) is 4.94. The molecule has 0 spiro atoms. The summed E-state index contributed by atoms with van der Waals surface area (Å²) in [7, 11) is 0.996. The van der Waals surface area contributed by atoms with E-state index in [0.29, 0.717) is 42.6 Å². The minimum Gasteiger partial charge on any atom is -0.497 e. The summed E-state index contributed by atoms with van der Waals surface area (Å²) in [4.78, 5) is 47.6. The molecule has 2 aliphatic rings. The van der Waals surface area contributed by atoms with Gasteiger partial charge in [0, 0.05) is 31.5 Å². The van der Waals surface area contributed by atoms with Gasteiger partial charge in [0.15, 0.2) is 20.5 Å². The average Bonchev–Trinajstić information content (AvgIpc) is 3.84. The van der Waals surface area contributed by atoms with Crippen molar-refractivity contribution in [3.05, 3.63) is 54.8 Å². The van der Waals surface area contributed by atoms with Gasteiger partial charge in [0.25, 0.3) is 0 Å². The number of nitrogens with two attached hydrogens (primary N) is 1. The predicted octanol–water partition coefficient (Wildman–Crippen LogP) is 3.01. The number of rotatable bonds is 17. The van der Waals surface area contributed by atoms with Crippen molar-refractivity contribution in [2.24, 2.45) is 0 Å². The van der Waals surface area contributed by atoms with E-state index in [1.165, 1.54) is 41.9 Å². The van der Waals surface area contributed by atoms with Crippen LogP contribution in [0.2, 0.25) is 0 Å². The van der Waals surface area contributed by atoms with Gasteiger partial charge in [0.2, 0.25) is 19.9 Å². The van der Waals surface area contributed by atoms with Crippen molar-refractivity contribution >= 4 is 57.3 Å². The second-order valence-corrected chi connectivity index (χ2v) is 14.1. The Morgan fingerprint density at radius 3 is 2.85 bits per heavy atom. The summed E-state index contributed by atoms with van der Waals surface area (Å²) in [5, 5.41) is 2.46. The van der Waals surface area contributed by atoms with E-state index in [1.54, 1.807) is 18.0 Å². The summed E-state index contributed by atoms with van der Waals surface area (Å²) in [5.74, 6) is 1.28. The van der Waals surface area contributed by atoms with Crippen LogP contribution in [0.3, 0.4) is 0 Å². The number of anilines is 1. The predicted molar refractivity (Wildman–Crippen MR) is 176 cm³/mol. The number of carbonyl (C=O) groups is 2. The van der Waals surface area contributed by atoms with E-state index >= 15 is 0 Å². The van der Waals surface area contributed by atoms with Gasteiger partial charge in [-0.2, -0.15) is 0 Å². The highest BCUT2D eigenvalue weighted by molar-refractivity contribution is 8.52. The number of nitrogen functional groups attached to an aromatic ring is 1. The highest BCUT2D eigenvalue weighted by atomic mass is 32.7. The van der Waals surface area contributed by atoms with Crippen molar-refractivity contribution in [3.63, 3.8) is 0 Å². The Labute approximate surface area is 278 Å². The highest BCUT2D eigenvalue weighted by Gasteiger charge is 2.39. The molecule has 2 aromatic heterocycles. The lowest BCUT2D eigenvalue weighted by atomic mass is 10.2. The monoisotopic (exact) mass is 709 g/mol. The molecule has 2 aliphatic heterocycles. The van der Waals surface area contributed by atoms with E-state index in [9.17, 15) is 14.5 Å². The first-order valence-electron chi connectivity index (χ1n) is 14.6. The molecule has 0 aliphatic carbocycles. The van der Waals surface area contributed by atoms with E-state index in [2.05, 4.69) is 20.3 Å². The molecule has 4 heterocycles. The van der Waals surface area contributed by atoms with E-state index in [-0.39, 0.29) is 40.1 Å². The molecule has 5 rings (SSSR count). The van der Waals surface area contributed by atoms with Gasteiger partial charge in [-0.05, 0) is 30.5 Å². The summed E-state index contributed by atoms with van der Waals surface area (Å²) < 4.78 is 37.0. The van der Waals surface area contributed by atoms with Crippen molar-refractivity contribution in [1.82, 2.24) is 29.7 Å². The molecule has 16 nitrogen and oxygen atoms in total. The fourth-order valence-corrected chi connectivity index (χ4v) is 7.62. The van der Waals surface area contributed by atoms with Gasteiger partial charge in [-0.3, -0.25) is 19.1 Å². The molecule has 4 N–H and O–H groups in total. The number of likely N-dealkylation sites (N-methyl/N-ethyl adjacent to an activating group) is 1. The number of hydrogen-bond donors (Lipinski definition) is 3. The van der Waals surface area contributed by atoms with Crippen molar-refractivity contribution in [1.29, 1.82) is 0 Å². The Hall–Kier alpha value is -2.98. The number of ether oxygens (including phenoxy) is 3. The van der Waals surface area contributed by atoms with Gasteiger partial charge >= 0.3 is 0 Å². The van der Waals surface area contributed by atoms with Crippen LogP contribution in [-0.4, -0.2) is 93.5 Å². The molecule has 2 amide bonds. The number of amides is 2. The highest BCUT2D eigenvalue weighted by Crippen LogP contribution is 2.49. The van der Waals surface area contributed by atoms with Crippen LogP contribution in [0.1, 0.15) is 31.1 Å².